The monoisotopic (exact) mass is 269 g/mol. The average molecular weight is 269 g/mol. The molecule has 2 aliphatic rings. The van der Waals surface area contributed by atoms with Crippen LogP contribution in [0.2, 0.25) is 0 Å². The molecule has 0 aliphatic carbocycles. The predicted molar refractivity (Wildman–Crippen MR) is 75.1 cm³/mol. The largest absolute Gasteiger partial charge is 0.383 e. The van der Waals surface area contributed by atoms with Crippen LogP contribution in [0.1, 0.15) is 19.3 Å². The van der Waals surface area contributed by atoms with E-state index in [1.165, 1.54) is 0 Å². The molecule has 5 nitrogen and oxygen atoms in total. The second-order valence-electron chi connectivity index (χ2n) is 5.54. The summed E-state index contributed by atoms with van der Waals surface area (Å²) in [6.07, 6.45) is 3.09. The van der Waals surface area contributed by atoms with Crippen LogP contribution in [0.3, 0.4) is 0 Å². The van der Waals surface area contributed by atoms with Crippen molar-refractivity contribution in [2.24, 2.45) is 5.92 Å². The number of carbonyl (C=O) groups excluding carboxylic acids is 1. The Morgan fingerprint density at radius 1 is 1.21 bits per heavy atom. The van der Waals surface area contributed by atoms with Crippen LogP contribution in [0.4, 0.5) is 0 Å². The van der Waals surface area contributed by atoms with Gasteiger partial charge >= 0.3 is 0 Å². The summed E-state index contributed by atoms with van der Waals surface area (Å²) in [6.45, 7) is 7.61. The molecule has 0 bridgehead atoms. The molecule has 2 rings (SSSR count). The maximum absolute atomic E-state index is 12.5. The zero-order valence-electron chi connectivity index (χ0n) is 12.1. The fourth-order valence-corrected chi connectivity index (χ4v) is 2.96. The summed E-state index contributed by atoms with van der Waals surface area (Å²) in [5, 5.41) is 3.32. The summed E-state index contributed by atoms with van der Waals surface area (Å²) >= 11 is 0. The Morgan fingerprint density at radius 3 is 2.74 bits per heavy atom. The van der Waals surface area contributed by atoms with Gasteiger partial charge in [0.1, 0.15) is 0 Å². The number of methoxy groups -OCH3 is 1. The number of piperidine rings is 1. The van der Waals surface area contributed by atoms with E-state index in [9.17, 15) is 4.79 Å². The second-order valence-corrected chi connectivity index (χ2v) is 5.54. The Morgan fingerprint density at radius 2 is 2.00 bits per heavy atom. The third-order valence-corrected chi connectivity index (χ3v) is 4.20. The molecule has 19 heavy (non-hydrogen) atoms. The average Bonchev–Trinajstić information content (AvgIpc) is 2.71. The number of hydrogen-bond acceptors (Lipinski definition) is 4. The van der Waals surface area contributed by atoms with Gasteiger partial charge in [0.25, 0.3) is 0 Å². The molecule has 0 atom stereocenters. The van der Waals surface area contributed by atoms with E-state index in [2.05, 4.69) is 15.1 Å². The molecule has 0 aromatic heterocycles. The Balaban J connectivity index is 1.79. The summed E-state index contributed by atoms with van der Waals surface area (Å²) in [6, 6.07) is 0. The van der Waals surface area contributed by atoms with Crippen LogP contribution >= 0.6 is 0 Å². The maximum Gasteiger partial charge on any atom is 0.225 e. The first-order valence-corrected chi connectivity index (χ1v) is 7.52. The molecule has 5 heteroatoms. The summed E-state index contributed by atoms with van der Waals surface area (Å²) in [7, 11) is 1.74. The molecular weight excluding hydrogens is 242 g/mol. The number of nitrogens with one attached hydrogen (secondary N) is 1. The summed E-state index contributed by atoms with van der Waals surface area (Å²) < 4.78 is 5.13. The number of amides is 1. The van der Waals surface area contributed by atoms with Crippen LogP contribution in [0.15, 0.2) is 0 Å². The van der Waals surface area contributed by atoms with Crippen molar-refractivity contribution >= 4 is 5.91 Å². The fourth-order valence-electron chi connectivity index (χ4n) is 2.96. The molecule has 2 heterocycles. The number of rotatable bonds is 4. The topological polar surface area (TPSA) is 44.8 Å². The highest BCUT2D eigenvalue weighted by molar-refractivity contribution is 5.79. The van der Waals surface area contributed by atoms with E-state index in [1.54, 1.807) is 7.11 Å². The number of ether oxygens (including phenoxy) is 1. The van der Waals surface area contributed by atoms with Crippen molar-refractivity contribution in [2.75, 3.05) is 59.5 Å². The van der Waals surface area contributed by atoms with E-state index in [1.807, 2.05) is 0 Å². The van der Waals surface area contributed by atoms with Gasteiger partial charge in [-0.15, -0.1) is 0 Å². The molecule has 0 saturated carbocycles. The molecule has 1 amide bonds. The van der Waals surface area contributed by atoms with E-state index < -0.39 is 0 Å². The van der Waals surface area contributed by atoms with E-state index in [0.717, 1.165) is 71.7 Å². The maximum atomic E-state index is 12.5. The van der Waals surface area contributed by atoms with Gasteiger partial charge in [0.2, 0.25) is 5.91 Å². The van der Waals surface area contributed by atoms with Gasteiger partial charge in [0.15, 0.2) is 0 Å². The molecule has 0 unspecified atom stereocenters. The van der Waals surface area contributed by atoms with Crippen molar-refractivity contribution < 1.29 is 9.53 Å². The van der Waals surface area contributed by atoms with Gasteiger partial charge in [-0.1, -0.05) is 0 Å². The van der Waals surface area contributed by atoms with Crippen molar-refractivity contribution in [3.63, 3.8) is 0 Å². The Kier molecular flexibility index (Phi) is 6.07. The molecule has 0 spiro atoms. The van der Waals surface area contributed by atoms with Gasteiger partial charge in [-0.3, -0.25) is 9.69 Å². The van der Waals surface area contributed by atoms with Crippen LogP contribution in [0.5, 0.6) is 0 Å². The SMILES string of the molecule is COCCN1CCCN(C(=O)C2CCNCC2)CC1. The Labute approximate surface area is 116 Å². The lowest BCUT2D eigenvalue weighted by molar-refractivity contribution is -0.136. The first-order valence-electron chi connectivity index (χ1n) is 7.52. The van der Waals surface area contributed by atoms with E-state index in [0.29, 0.717) is 5.91 Å². The lowest BCUT2D eigenvalue weighted by Gasteiger charge is -2.28. The molecule has 110 valence electrons. The fraction of sp³-hybridized carbons (Fsp3) is 0.929. The Bertz CT molecular complexity index is 280. The van der Waals surface area contributed by atoms with Gasteiger partial charge in [0.05, 0.1) is 6.61 Å². The van der Waals surface area contributed by atoms with Crippen molar-refractivity contribution in [1.29, 1.82) is 0 Å². The number of hydrogen-bond donors (Lipinski definition) is 1. The third kappa shape index (κ3) is 4.44. The molecule has 0 aromatic rings. The Hall–Kier alpha value is -0.650. The quantitative estimate of drug-likeness (QED) is 0.790. The number of carbonyl (C=O) groups is 1. The second kappa shape index (κ2) is 7.82. The number of nitrogens with zero attached hydrogens (tertiary/aromatic N) is 2. The smallest absolute Gasteiger partial charge is 0.225 e. The zero-order chi connectivity index (χ0) is 13.5. The van der Waals surface area contributed by atoms with Crippen LogP contribution in [0.25, 0.3) is 0 Å². The highest BCUT2D eigenvalue weighted by Crippen LogP contribution is 2.16. The molecule has 0 radical (unpaired) electrons. The highest BCUT2D eigenvalue weighted by atomic mass is 16.5. The van der Waals surface area contributed by atoms with Crippen molar-refractivity contribution in [2.45, 2.75) is 19.3 Å². The van der Waals surface area contributed by atoms with Crippen molar-refractivity contribution in [3.8, 4) is 0 Å². The minimum Gasteiger partial charge on any atom is -0.383 e. The van der Waals surface area contributed by atoms with Crippen LogP contribution in [-0.4, -0.2) is 75.2 Å². The molecule has 2 fully saturated rings. The molecule has 2 saturated heterocycles. The standard InChI is InChI=1S/C14H27N3O2/c1-19-12-11-16-7-2-8-17(10-9-16)14(18)13-3-5-15-6-4-13/h13,15H,2-12H2,1H3. The minimum atomic E-state index is 0.256. The lowest BCUT2D eigenvalue weighted by Crippen LogP contribution is -2.42. The van der Waals surface area contributed by atoms with Gasteiger partial charge < -0.3 is 15.0 Å². The third-order valence-electron chi connectivity index (χ3n) is 4.20. The van der Waals surface area contributed by atoms with Gasteiger partial charge in [-0.2, -0.15) is 0 Å². The van der Waals surface area contributed by atoms with Crippen LogP contribution < -0.4 is 5.32 Å². The van der Waals surface area contributed by atoms with Crippen molar-refractivity contribution in [3.05, 3.63) is 0 Å². The minimum absolute atomic E-state index is 0.256. The van der Waals surface area contributed by atoms with Crippen molar-refractivity contribution in [1.82, 2.24) is 15.1 Å². The lowest BCUT2D eigenvalue weighted by atomic mass is 9.96. The normalized spacial score (nSPS) is 23.3. The summed E-state index contributed by atoms with van der Waals surface area (Å²) in [4.78, 5) is 17.0. The van der Waals surface area contributed by atoms with Gasteiger partial charge in [-0.05, 0) is 38.9 Å². The van der Waals surface area contributed by atoms with Crippen LogP contribution in [0, 0.1) is 5.92 Å². The van der Waals surface area contributed by atoms with Gasteiger partial charge in [0, 0.05) is 39.2 Å². The summed E-state index contributed by atoms with van der Waals surface area (Å²) in [5.74, 6) is 0.641. The van der Waals surface area contributed by atoms with E-state index in [4.69, 9.17) is 4.74 Å². The predicted octanol–water partition coefficient (Wildman–Crippen LogP) is 0.167. The molecule has 1 N–H and O–H groups in total. The molecular formula is C14H27N3O2. The molecule has 0 aromatic carbocycles. The van der Waals surface area contributed by atoms with E-state index in [-0.39, 0.29) is 5.92 Å². The van der Waals surface area contributed by atoms with Crippen LogP contribution in [-0.2, 0) is 9.53 Å². The van der Waals surface area contributed by atoms with Gasteiger partial charge in [-0.25, -0.2) is 0 Å². The molecule has 2 aliphatic heterocycles. The first-order chi connectivity index (χ1) is 9.31. The first kappa shape index (κ1) is 14.8. The highest BCUT2D eigenvalue weighted by Gasteiger charge is 2.27. The zero-order valence-corrected chi connectivity index (χ0v) is 12.1. The van der Waals surface area contributed by atoms with E-state index >= 15 is 0 Å². The summed E-state index contributed by atoms with van der Waals surface area (Å²) in [5.41, 5.74) is 0.